The summed E-state index contributed by atoms with van der Waals surface area (Å²) < 4.78 is 5.33. The molecule has 0 spiro atoms. The number of benzene rings is 2. The monoisotopic (exact) mass is 268 g/mol. The molecule has 0 unspecified atom stereocenters. The third-order valence-electron chi connectivity index (χ3n) is 3.50. The molecule has 0 radical (unpaired) electrons. The number of carbonyl (C=O) groups is 1. The smallest absolute Gasteiger partial charge is 0.197 e. The highest BCUT2D eigenvalue weighted by Gasteiger charge is 2.18. The minimum atomic E-state index is 0.0283. The normalized spacial score (nSPS) is 10.4. The Morgan fingerprint density at radius 2 is 1.50 bits per heavy atom. The van der Waals surface area contributed by atoms with Gasteiger partial charge in [0.1, 0.15) is 5.75 Å². The molecule has 0 saturated heterocycles. The van der Waals surface area contributed by atoms with Crippen LogP contribution >= 0.6 is 0 Å². The molecule has 2 aromatic carbocycles. The molecule has 0 aliphatic carbocycles. The van der Waals surface area contributed by atoms with Crippen LogP contribution in [0.3, 0.4) is 0 Å². The van der Waals surface area contributed by atoms with Crippen LogP contribution < -0.4 is 4.74 Å². The summed E-state index contributed by atoms with van der Waals surface area (Å²) in [5.41, 5.74) is 5.65. The summed E-state index contributed by atoms with van der Waals surface area (Å²) in [6, 6.07) is 9.77. The maximum absolute atomic E-state index is 12.9. The number of hydrogen-bond donors (Lipinski definition) is 0. The molecule has 0 bridgehead atoms. The first-order valence-electron chi connectivity index (χ1n) is 6.71. The number of ether oxygens (including phenoxy) is 1. The highest BCUT2D eigenvalue weighted by Crippen LogP contribution is 2.26. The highest BCUT2D eigenvalue weighted by atomic mass is 16.5. The van der Waals surface area contributed by atoms with E-state index < -0.39 is 0 Å². The Morgan fingerprint density at radius 1 is 0.900 bits per heavy atom. The van der Waals surface area contributed by atoms with E-state index in [2.05, 4.69) is 0 Å². The van der Waals surface area contributed by atoms with Crippen molar-refractivity contribution in [3.05, 3.63) is 63.7 Å². The lowest BCUT2D eigenvalue weighted by Crippen LogP contribution is -2.08. The lowest BCUT2D eigenvalue weighted by atomic mass is 9.92. The van der Waals surface area contributed by atoms with Crippen LogP contribution in [0.4, 0.5) is 0 Å². The second-order valence-corrected chi connectivity index (χ2v) is 5.31. The fourth-order valence-corrected chi connectivity index (χ4v) is 2.67. The van der Waals surface area contributed by atoms with Gasteiger partial charge in [0.05, 0.1) is 12.7 Å². The molecule has 2 aromatic rings. The molecule has 0 saturated carbocycles. The first kappa shape index (κ1) is 14.3. The Kier molecular flexibility index (Phi) is 3.93. The number of ketones is 1. The van der Waals surface area contributed by atoms with Crippen molar-refractivity contribution in [1.29, 1.82) is 0 Å². The van der Waals surface area contributed by atoms with E-state index in [1.54, 1.807) is 7.11 Å². The lowest BCUT2D eigenvalue weighted by molar-refractivity contribution is 0.103. The average Bonchev–Trinajstić information content (AvgIpc) is 2.37. The van der Waals surface area contributed by atoms with Gasteiger partial charge in [-0.05, 0) is 51.0 Å². The quantitative estimate of drug-likeness (QED) is 0.781. The van der Waals surface area contributed by atoms with Crippen LogP contribution in [0, 0.1) is 27.7 Å². The van der Waals surface area contributed by atoms with Crippen LogP contribution in [0.1, 0.15) is 38.2 Å². The zero-order valence-corrected chi connectivity index (χ0v) is 12.7. The van der Waals surface area contributed by atoms with Crippen LogP contribution in [0.25, 0.3) is 0 Å². The van der Waals surface area contributed by atoms with Crippen molar-refractivity contribution < 1.29 is 9.53 Å². The number of hydrogen-bond acceptors (Lipinski definition) is 2. The van der Waals surface area contributed by atoms with Gasteiger partial charge in [-0.3, -0.25) is 4.79 Å². The van der Waals surface area contributed by atoms with Gasteiger partial charge in [0, 0.05) is 5.56 Å². The zero-order valence-electron chi connectivity index (χ0n) is 12.7. The number of methoxy groups -OCH3 is 1. The van der Waals surface area contributed by atoms with E-state index in [1.807, 2.05) is 58.0 Å². The summed E-state index contributed by atoms with van der Waals surface area (Å²) >= 11 is 0. The molecule has 0 aliphatic rings. The van der Waals surface area contributed by atoms with E-state index in [0.29, 0.717) is 11.3 Å². The molecule has 20 heavy (non-hydrogen) atoms. The second kappa shape index (κ2) is 5.49. The van der Waals surface area contributed by atoms with Gasteiger partial charge in [-0.2, -0.15) is 0 Å². The fourth-order valence-electron chi connectivity index (χ4n) is 2.67. The van der Waals surface area contributed by atoms with Crippen molar-refractivity contribution in [3.63, 3.8) is 0 Å². The highest BCUT2D eigenvalue weighted by molar-refractivity contribution is 6.12. The zero-order chi connectivity index (χ0) is 14.9. The van der Waals surface area contributed by atoms with Crippen molar-refractivity contribution in [1.82, 2.24) is 0 Å². The second-order valence-electron chi connectivity index (χ2n) is 5.31. The van der Waals surface area contributed by atoms with Crippen molar-refractivity contribution >= 4 is 5.78 Å². The Hall–Kier alpha value is -2.09. The number of carbonyl (C=O) groups excluding carboxylic acids is 1. The molecule has 2 nitrogen and oxygen atoms in total. The van der Waals surface area contributed by atoms with Crippen molar-refractivity contribution in [2.45, 2.75) is 27.7 Å². The van der Waals surface area contributed by atoms with Crippen LogP contribution in [0.15, 0.2) is 30.3 Å². The van der Waals surface area contributed by atoms with E-state index in [4.69, 9.17) is 4.74 Å². The van der Waals surface area contributed by atoms with Crippen molar-refractivity contribution in [2.24, 2.45) is 0 Å². The molecule has 104 valence electrons. The maximum atomic E-state index is 12.9. The third-order valence-corrected chi connectivity index (χ3v) is 3.50. The molecule has 2 heteroatoms. The maximum Gasteiger partial charge on any atom is 0.197 e. The van der Waals surface area contributed by atoms with Gasteiger partial charge >= 0.3 is 0 Å². The molecule has 0 atom stereocenters. The summed E-state index contributed by atoms with van der Waals surface area (Å²) in [7, 11) is 1.59. The first-order valence-corrected chi connectivity index (χ1v) is 6.71. The molecule has 0 fully saturated rings. The van der Waals surface area contributed by atoms with Crippen molar-refractivity contribution in [3.8, 4) is 5.75 Å². The van der Waals surface area contributed by atoms with Crippen LogP contribution in [0.5, 0.6) is 5.75 Å². The van der Waals surface area contributed by atoms with Gasteiger partial charge in [0.25, 0.3) is 0 Å². The summed E-state index contributed by atoms with van der Waals surface area (Å²) in [6.07, 6.45) is 0. The SMILES string of the molecule is COc1ccc(C)cc1C(=O)c1c(C)cc(C)cc1C. The minimum absolute atomic E-state index is 0.0283. The van der Waals surface area contributed by atoms with Crippen LogP contribution in [-0.4, -0.2) is 12.9 Å². The van der Waals surface area contributed by atoms with Gasteiger partial charge in [-0.1, -0.05) is 29.3 Å². The predicted octanol–water partition coefficient (Wildman–Crippen LogP) is 4.16. The van der Waals surface area contributed by atoms with E-state index in [9.17, 15) is 4.79 Å². The molecule has 0 N–H and O–H groups in total. The van der Waals surface area contributed by atoms with Crippen molar-refractivity contribution in [2.75, 3.05) is 7.11 Å². The van der Waals surface area contributed by atoms with Gasteiger partial charge in [-0.15, -0.1) is 0 Å². The summed E-state index contributed by atoms with van der Waals surface area (Å²) in [5, 5.41) is 0. The van der Waals surface area contributed by atoms with Crippen LogP contribution in [0.2, 0.25) is 0 Å². The largest absolute Gasteiger partial charge is 0.496 e. The molecule has 0 aromatic heterocycles. The first-order chi connectivity index (χ1) is 9.43. The Morgan fingerprint density at radius 3 is 2.05 bits per heavy atom. The molecular weight excluding hydrogens is 248 g/mol. The summed E-state index contributed by atoms with van der Waals surface area (Å²) in [6.45, 7) is 7.98. The third kappa shape index (κ3) is 2.60. The van der Waals surface area contributed by atoms with Crippen LogP contribution in [-0.2, 0) is 0 Å². The Balaban J connectivity index is 2.60. The van der Waals surface area contributed by atoms with E-state index >= 15 is 0 Å². The standard InChI is InChI=1S/C18H20O2/c1-11-6-7-16(20-5)15(10-11)18(19)17-13(3)8-12(2)9-14(17)4/h6-10H,1-5H3. The number of aryl methyl sites for hydroxylation is 4. The fraction of sp³-hybridized carbons (Fsp3) is 0.278. The van der Waals surface area contributed by atoms with E-state index in [1.165, 1.54) is 5.56 Å². The Bertz CT molecular complexity index is 646. The summed E-state index contributed by atoms with van der Waals surface area (Å²) in [5.74, 6) is 0.653. The topological polar surface area (TPSA) is 26.3 Å². The van der Waals surface area contributed by atoms with E-state index in [0.717, 1.165) is 22.3 Å². The van der Waals surface area contributed by atoms with Gasteiger partial charge in [0.2, 0.25) is 0 Å². The minimum Gasteiger partial charge on any atom is -0.496 e. The molecule has 0 aliphatic heterocycles. The van der Waals surface area contributed by atoms with Gasteiger partial charge in [-0.25, -0.2) is 0 Å². The molecule has 2 rings (SSSR count). The molecule has 0 heterocycles. The summed E-state index contributed by atoms with van der Waals surface area (Å²) in [4.78, 5) is 12.9. The van der Waals surface area contributed by atoms with Gasteiger partial charge in [0.15, 0.2) is 5.78 Å². The van der Waals surface area contributed by atoms with Gasteiger partial charge < -0.3 is 4.74 Å². The molecule has 0 amide bonds. The van der Waals surface area contributed by atoms with E-state index in [-0.39, 0.29) is 5.78 Å². The number of rotatable bonds is 3. The lowest BCUT2D eigenvalue weighted by Gasteiger charge is -2.13. The average molecular weight is 268 g/mol. The predicted molar refractivity (Wildman–Crippen MR) is 81.8 cm³/mol. The Labute approximate surface area is 120 Å². The molecular formula is C18H20O2.